The smallest absolute Gasteiger partial charge is 0.339 e. The summed E-state index contributed by atoms with van der Waals surface area (Å²) < 4.78 is 0. The zero-order chi connectivity index (χ0) is 15.2. The average Bonchev–Trinajstić information content (AvgIpc) is 2.93. The Balaban J connectivity index is 2.59. The maximum Gasteiger partial charge on any atom is 0.542 e. The van der Waals surface area contributed by atoms with Crippen molar-refractivity contribution in [3.8, 4) is 0 Å². The van der Waals surface area contributed by atoms with Crippen molar-refractivity contribution >= 4 is 17.1 Å². The minimum Gasteiger partial charge on any atom is -0.339 e. The van der Waals surface area contributed by atoms with Gasteiger partial charge in [0.05, 0.1) is 26.2 Å². The van der Waals surface area contributed by atoms with E-state index in [-0.39, 0.29) is 6.02 Å². The van der Waals surface area contributed by atoms with E-state index >= 15 is 0 Å². The molecule has 10 heteroatoms. The third-order valence-corrected chi connectivity index (χ3v) is 2.49. The molecule has 0 saturated heterocycles. The van der Waals surface area contributed by atoms with Crippen molar-refractivity contribution < 1.29 is 29.1 Å². The van der Waals surface area contributed by atoms with E-state index in [0.717, 1.165) is 10.1 Å². The summed E-state index contributed by atoms with van der Waals surface area (Å²) in [7, 11) is 5.52. The fraction of sp³-hybridized carbons (Fsp3) is 0.364. The first-order chi connectivity index (χ1) is 10.3. The molecule has 2 rings (SSSR count). The lowest BCUT2D eigenvalue weighted by molar-refractivity contribution is -0.836. The molecular formula is C11H16N5O5+. The maximum atomic E-state index is 5.25. The number of hydroxylamine groups is 2. The van der Waals surface area contributed by atoms with Crippen LogP contribution in [0.5, 0.6) is 0 Å². The van der Waals surface area contributed by atoms with Gasteiger partial charge < -0.3 is 4.84 Å². The third kappa shape index (κ3) is 2.86. The summed E-state index contributed by atoms with van der Waals surface area (Å²) in [4.78, 5) is 27.4. The quantitative estimate of drug-likeness (QED) is 0.253. The van der Waals surface area contributed by atoms with Crippen molar-refractivity contribution in [2.75, 3.05) is 28.4 Å². The summed E-state index contributed by atoms with van der Waals surface area (Å²) in [5.41, 5.74) is 1.36. The number of para-hydroxylation sites is 1. The van der Waals surface area contributed by atoms with Crippen molar-refractivity contribution in [2.24, 2.45) is 0 Å². The summed E-state index contributed by atoms with van der Waals surface area (Å²) in [5, 5.41) is 8.95. The Morgan fingerprint density at radius 1 is 1.14 bits per heavy atom. The van der Waals surface area contributed by atoms with Crippen LogP contribution in [0.25, 0.3) is 11.0 Å². The van der Waals surface area contributed by atoms with Crippen LogP contribution in [0.1, 0.15) is 0 Å². The summed E-state index contributed by atoms with van der Waals surface area (Å²) in [5.74, 6) is 0. The molecule has 2 aromatic rings. The van der Waals surface area contributed by atoms with Crippen LogP contribution in [0.3, 0.4) is 0 Å². The minimum absolute atomic E-state index is 0.0688. The van der Waals surface area contributed by atoms with Crippen LogP contribution in [0.2, 0.25) is 0 Å². The van der Waals surface area contributed by atoms with Gasteiger partial charge in [0.15, 0.2) is 0 Å². The van der Waals surface area contributed by atoms with Gasteiger partial charge in [0.2, 0.25) is 0 Å². The fourth-order valence-corrected chi connectivity index (χ4v) is 1.66. The molecule has 21 heavy (non-hydrogen) atoms. The second-order valence-corrected chi connectivity index (χ2v) is 3.58. The van der Waals surface area contributed by atoms with Crippen LogP contribution in [-0.4, -0.2) is 59.6 Å². The molecule has 0 aliphatic heterocycles. The average molecular weight is 298 g/mol. The van der Waals surface area contributed by atoms with Gasteiger partial charge in [-0.2, -0.15) is 14.6 Å². The largest absolute Gasteiger partial charge is 0.542 e. The summed E-state index contributed by atoms with van der Waals surface area (Å²) in [6, 6.07) is 7.26. The number of benzene rings is 1. The number of fused-ring (bicyclic) bond motifs is 1. The predicted molar refractivity (Wildman–Crippen MR) is 69.2 cm³/mol. The first kappa shape index (κ1) is 15.0. The van der Waals surface area contributed by atoms with Crippen LogP contribution >= 0.6 is 0 Å². The summed E-state index contributed by atoms with van der Waals surface area (Å²) in [6.07, 6.45) is 0. The number of nitrogens with zero attached hydrogens (tertiary/aromatic N) is 5. The van der Waals surface area contributed by atoms with Gasteiger partial charge >= 0.3 is 6.02 Å². The Morgan fingerprint density at radius 3 is 2.48 bits per heavy atom. The molecule has 0 saturated carbocycles. The van der Waals surface area contributed by atoms with Crippen molar-refractivity contribution in [3.05, 3.63) is 24.3 Å². The Bertz CT molecular complexity index is 624. The highest BCUT2D eigenvalue weighted by atomic mass is 17.2. The molecule has 1 heterocycles. The van der Waals surface area contributed by atoms with Crippen LogP contribution in [-0.2, 0) is 24.3 Å². The molecule has 0 N–H and O–H groups in total. The second-order valence-electron chi connectivity index (χ2n) is 3.58. The molecule has 0 radical (unpaired) electrons. The molecule has 0 aliphatic carbocycles. The highest BCUT2D eigenvalue weighted by Crippen LogP contribution is 2.10. The molecule has 0 unspecified atom stereocenters. The Morgan fingerprint density at radius 2 is 1.86 bits per heavy atom. The summed E-state index contributed by atoms with van der Waals surface area (Å²) in [6.45, 7) is 0. The lowest BCUT2D eigenvalue weighted by Gasteiger charge is -2.14. The van der Waals surface area contributed by atoms with Gasteiger partial charge in [-0.1, -0.05) is 17.2 Å². The van der Waals surface area contributed by atoms with E-state index in [4.69, 9.17) is 19.4 Å². The Labute approximate surface area is 120 Å². The normalized spacial score (nSPS) is 12.2. The van der Waals surface area contributed by atoms with E-state index in [1.807, 2.05) is 24.3 Å². The zero-order valence-corrected chi connectivity index (χ0v) is 12.1. The van der Waals surface area contributed by atoms with Crippen LogP contribution in [0, 0.1) is 0 Å². The van der Waals surface area contributed by atoms with Gasteiger partial charge in [0.1, 0.15) is 23.4 Å². The van der Waals surface area contributed by atoms with Crippen LogP contribution in [0.15, 0.2) is 24.3 Å². The lowest BCUT2D eigenvalue weighted by atomic mass is 10.3. The molecule has 0 spiro atoms. The van der Waals surface area contributed by atoms with Gasteiger partial charge in [0.25, 0.3) is 0 Å². The Kier molecular flexibility index (Phi) is 4.87. The van der Waals surface area contributed by atoms with Crippen molar-refractivity contribution in [3.63, 3.8) is 0 Å². The number of rotatable bonds is 5. The van der Waals surface area contributed by atoms with Crippen molar-refractivity contribution in [2.45, 2.75) is 0 Å². The zero-order valence-electron chi connectivity index (χ0n) is 12.1. The third-order valence-electron chi connectivity index (χ3n) is 2.49. The Hall–Kier alpha value is -2.43. The van der Waals surface area contributed by atoms with E-state index in [0.29, 0.717) is 11.0 Å². The predicted octanol–water partition coefficient (Wildman–Crippen LogP) is 0.127. The molecular weight excluding hydrogens is 282 g/mol. The molecule has 0 fully saturated rings. The molecule has 0 atom stereocenters. The van der Waals surface area contributed by atoms with E-state index in [1.54, 1.807) is 0 Å². The molecule has 1 aromatic heterocycles. The number of aromatic nitrogens is 3. The molecule has 114 valence electrons. The minimum atomic E-state index is -0.0688. The van der Waals surface area contributed by atoms with Gasteiger partial charge in [-0.15, -0.1) is 0 Å². The van der Waals surface area contributed by atoms with Crippen LogP contribution in [0.4, 0.5) is 0 Å². The SMILES string of the molecule is COOC(N(OC)OC)=[N+](OC)n1nnc2ccccc21. The highest BCUT2D eigenvalue weighted by Gasteiger charge is 2.31. The van der Waals surface area contributed by atoms with E-state index < -0.39 is 0 Å². The fourth-order valence-electron chi connectivity index (χ4n) is 1.66. The molecule has 0 amide bonds. The first-order valence-electron chi connectivity index (χ1n) is 5.87. The highest BCUT2D eigenvalue weighted by molar-refractivity contribution is 5.73. The topological polar surface area (TPSA) is 83.1 Å². The lowest BCUT2D eigenvalue weighted by Crippen LogP contribution is -2.41. The number of hydrogen-bond donors (Lipinski definition) is 0. The maximum absolute atomic E-state index is 5.25. The van der Waals surface area contributed by atoms with Gasteiger partial charge in [0, 0.05) is 10.0 Å². The van der Waals surface area contributed by atoms with Crippen molar-refractivity contribution in [1.82, 2.24) is 20.3 Å². The molecule has 10 nitrogen and oxygen atoms in total. The van der Waals surface area contributed by atoms with Crippen molar-refractivity contribution in [1.29, 1.82) is 0 Å². The summed E-state index contributed by atoms with van der Waals surface area (Å²) >= 11 is 0. The van der Waals surface area contributed by atoms with Gasteiger partial charge in [-0.3, -0.25) is 4.89 Å². The van der Waals surface area contributed by atoms with Gasteiger partial charge in [-0.25, -0.2) is 0 Å². The molecule has 1 aromatic carbocycles. The number of hydrogen-bond acceptors (Lipinski definition) is 7. The first-order valence-corrected chi connectivity index (χ1v) is 5.87. The number of amidine groups is 1. The van der Waals surface area contributed by atoms with Gasteiger partial charge in [-0.05, 0) is 12.1 Å². The standard InChI is InChI=1S/C11H16N5O5/c1-17-15(11(21-20-4)16(18-2)19-3)14-10-8-6-5-7-9(10)12-13-14/h5-8H,1-4H3/q+1. The van der Waals surface area contributed by atoms with Crippen LogP contribution < -0.4 is 0 Å². The second kappa shape index (κ2) is 6.83. The molecule has 0 bridgehead atoms. The molecule has 0 aliphatic rings. The van der Waals surface area contributed by atoms with E-state index in [2.05, 4.69) is 15.2 Å². The monoisotopic (exact) mass is 298 g/mol. The van der Waals surface area contributed by atoms with E-state index in [9.17, 15) is 0 Å². The van der Waals surface area contributed by atoms with E-state index in [1.165, 1.54) is 33.2 Å².